The van der Waals surface area contributed by atoms with Crippen LogP contribution in [0.3, 0.4) is 0 Å². The highest BCUT2D eigenvalue weighted by molar-refractivity contribution is 5.89. The maximum atomic E-state index is 3.84. The summed E-state index contributed by atoms with van der Waals surface area (Å²) in [4.78, 5) is 4.96. The third-order valence-electron chi connectivity index (χ3n) is 8.77. The Morgan fingerprint density at radius 1 is 0.300 bits per heavy atom. The average Bonchev–Trinajstić information content (AvgIpc) is 3.17. The summed E-state index contributed by atoms with van der Waals surface area (Å²) in [6.45, 7) is 3.00. The van der Waals surface area contributed by atoms with E-state index in [1.807, 2.05) is 0 Å². The predicted octanol–water partition coefficient (Wildman–Crippen LogP) is 11.6. The zero-order valence-corrected chi connectivity index (χ0v) is 28.2. The number of para-hydroxylation sites is 2. The summed E-state index contributed by atoms with van der Waals surface area (Å²) in [5, 5.41) is 7.69. The summed E-state index contributed by atoms with van der Waals surface area (Å²) >= 11 is 0. The lowest BCUT2D eigenvalue weighted by Gasteiger charge is -2.33. The lowest BCUT2D eigenvalue weighted by atomic mass is 10.1. The van der Waals surface area contributed by atoms with Gasteiger partial charge in [0.2, 0.25) is 0 Å². The molecule has 0 bridgehead atoms. The lowest BCUT2D eigenvalue weighted by Crippen LogP contribution is -2.25. The maximum Gasteiger partial charge on any atom is 0.0644 e. The van der Waals surface area contributed by atoms with E-state index in [4.69, 9.17) is 0 Å². The van der Waals surface area contributed by atoms with Gasteiger partial charge in [-0.25, -0.2) is 0 Å². The Labute approximate surface area is 296 Å². The molecule has 0 atom stereocenters. The van der Waals surface area contributed by atoms with Crippen molar-refractivity contribution in [3.8, 4) is 0 Å². The molecule has 0 heterocycles. The van der Waals surface area contributed by atoms with E-state index in [1.165, 1.54) is 22.3 Å². The van der Waals surface area contributed by atoms with Crippen molar-refractivity contribution in [2.24, 2.45) is 0 Å². The highest BCUT2D eigenvalue weighted by Crippen LogP contribution is 2.42. The van der Waals surface area contributed by atoms with E-state index in [2.05, 4.69) is 215 Å². The van der Waals surface area contributed by atoms with Crippen molar-refractivity contribution in [2.45, 2.75) is 26.2 Å². The zero-order chi connectivity index (χ0) is 33.8. The maximum absolute atomic E-state index is 3.84. The largest absolute Gasteiger partial charge is 0.361 e. The number of hydrogen-bond acceptors (Lipinski definition) is 4. The number of nitrogens with one attached hydrogen (secondary N) is 2. The number of rotatable bonds is 14. The molecule has 0 unspecified atom stereocenters. The summed E-state index contributed by atoms with van der Waals surface area (Å²) in [6.07, 6.45) is 0. The highest BCUT2D eigenvalue weighted by atomic mass is 15.2. The number of anilines is 6. The first kappa shape index (κ1) is 32.3. The van der Waals surface area contributed by atoms with Crippen LogP contribution in [0.5, 0.6) is 0 Å². The molecule has 50 heavy (non-hydrogen) atoms. The van der Waals surface area contributed by atoms with Crippen molar-refractivity contribution in [2.75, 3.05) is 20.4 Å². The molecule has 7 aromatic carbocycles. The molecule has 7 rings (SSSR count). The van der Waals surface area contributed by atoms with E-state index >= 15 is 0 Å². The van der Waals surface area contributed by atoms with Gasteiger partial charge in [-0.1, -0.05) is 158 Å². The minimum absolute atomic E-state index is 0.751. The molecule has 0 aliphatic heterocycles. The molecular formula is C46H42N4. The first-order valence-corrected chi connectivity index (χ1v) is 17.2. The van der Waals surface area contributed by atoms with Gasteiger partial charge < -0.3 is 20.4 Å². The fourth-order valence-corrected chi connectivity index (χ4v) is 6.32. The summed E-state index contributed by atoms with van der Waals surface area (Å²) in [5.41, 5.74) is 11.4. The fraction of sp³-hybridized carbons (Fsp3) is 0.0870. The van der Waals surface area contributed by atoms with Crippen LogP contribution in [-0.4, -0.2) is 0 Å². The van der Waals surface area contributed by atoms with E-state index in [-0.39, 0.29) is 0 Å². The van der Waals surface area contributed by atoms with Crippen molar-refractivity contribution in [3.63, 3.8) is 0 Å². The van der Waals surface area contributed by atoms with Crippen molar-refractivity contribution >= 4 is 34.1 Å². The summed E-state index contributed by atoms with van der Waals surface area (Å²) in [7, 11) is 0. The molecule has 2 N–H and O–H groups in total. The number of hydrogen-bond donors (Lipinski definition) is 2. The Hall–Kier alpha value is -6.26. The molecule has 0 amide bonds. The van der Waals surface area contributed by atoms with Crippen LogP contribution in [0.2, 0.25) is 0 Å². The van der Waals surface area contributed by atoms with Crippen LogP contribution < -0.4 is 20.4 Å². The van der Waals surface area contributed by atoms with Crippen LogP contribution in [0.4, 0.5) is 34.1 Å². The smallest absolute Gasteiger partial charge is 0.0644 e. The Bertz CT molecular complexity index is 1800. The van der Waals surface area contributed by atoms with E-state index in [0.717, 1.165) is 60.3 Å². The van der Waals surface area contributed by atoms with Gasteiger partial charge in [0.25, 0.3) is 0 Å². The number of nitrogens with zero attached hydrogens (tertiary/aromatic N) is 2. The van der Waals surface area contributed by atoms with Gasteiger partial charge in [-0.3, -0.25) is 0 Å². The van der Waals surface area contributed by atoms with Crippen molar-refractivity contribution < 1.29 is 0 Å². The Morgan fingerprint density at radius 2 is 0.540 bits per heavy atom. The van der Waals surface area contributed by atoms with E-state index < -0.39 is 0 Å². The van der Waals surface area contributed by atoms with Gasteiger partial charge in [0, 0.05) is 37.6 Å². The average molecular weight is 651 g/mol. The predicted molar refractivity (Wildman–Crippen MR) is 211 cm³/mol. The molecule has 0 aliphatic rings. The molecule has 0 fully saturated rings. The third kappa shape index (κ3) is 8.60. The first-order valence-electron chi connectivity index (χ1n) is 17.2. The molecule has 4 nitrogen and oxygen atoms in total. The minimum atomic E-state index is 0.751. The van der Waals surface area contributed by atoms with Crippen molar-refractivity contribution in [1.29, 1.82) is 0 Å². The van der Waals surface area contributed by atoms with E-state index in [0.29, 0.717) is 0 Å². The van der Waals surface area contributed by atoms with Crippen molar-refractivity contribution in [3.05, 3.63) is 216 Å². The van der Waals surface area contributed by atoms with E-state index in [9.17, 15) is 0 Å². The van der Waals surface area contributed by atoms with Crippen LogP contribution in [0.15, 0.2) is 194 Å². The minimum Gasteiger partial charge on any atom is -0.361 e. The zero-order valence-electron chi connectivity index (χ0n) is 28.2. The van der Waals surface area contributed by atoms with E-state index in [1.54, 1.807) is 0 Å². The standard InChI is InChI=1S/C46H42N4/c1-7-19-37(20-8-1)33-49(34-38-21-9-2-10-22-38)45-31-44(48-42-29-17-6-18-30-42)46(32-43(45)47-41-27-15-5-16-28-41)50(35-39-23-11-3-12-24-39)36-40-25-13-4-14-26-40/h1-32,47-48H,33-36H2. The topological polar surface area (TPSA) is 30.5 Å². The van der Waals surface area contributed by atoms with Gasteiger partial charge in [-0.05, 0) is 58.7 Å². The molecule has 7 aromatic rings. The van der Waals surface area contributed by atoms with Crippen LogP contribution in [0.25, 0.3) is 0 Å². The number of benzene rings is 7. The summed E-state index contributed by atoms with van der Waals surface area (Å²) in [6, 6.07) is 68.6. The van der Waals surface area contributed by atoms with Crippen LogP contribution in [-0.2, 0) is 26.2 Å². The monoisotopic (exact) mass is 650 g/mol. The Morgan fingerprint density at radius 3 is 0.800 bits per heavy atom. The molecule has 0 aromatic heterocycles. The SMILES string of the molecule is c1ccc(CN(Cc2ccccc2)c2cc(Nc3ccccc3)c(N(Cc3ccccc3)Cc3ccccc3)cc2Nc2ccccc2)cc1. The van der Waals surface area contributed by atoms with Crippen molar-refractivity contribution in [1.82, 2.24) is 0 Å². The molecule has 4 heteroatoms. The van der Waals surface area contributed by atoms with Crippen LogP contribution >= 0.6 is 0 Å². The molecule has 0 saturated carbocycles. The second kappa shape index (κ2) is 16.2. The molecule has 0 saturated heterocycles. The molecule has 0 radical (unpaired) electrons. The molecule has 0 spiro atoms. The second-order valence-electron chi connectivity index (χ2n) is 12.5. The Balaban J connectivity index is 1.41. The molecular weight excluding hydrogens is 609 g/mol. The van der Waals surface area contributed by atoms with Gasteiger partial charge in [-0.15, -0.1) is 0 Å². The van der Waals surface area contributed by atoms with Gasteiger partial charge >= 0.3 is 0 Å². The fourth-order valence-electron chi connectivity index (χ4n) is 6.32. The molecule has 246 valence electrons. The first-order chi connectivity index (χ1) is 24.8. The molecule has 0 aliphatic carbocycles. The van der Waals surface area contributed by atoms with Gasteiger partial charge in [0.15, 0.2) is 0 Å². The highest BCUT2D eigenvalue weighted by Gasteiger charge is 2.21. The summed E-state index contributed by atoms with van der Waals surface area (Å²) < 4.78 is 0. The Kier molecular flexibility index (Phi) is 10.5. The van der Waals surface area contributed by atoms with Crippen LogP contribution in [0, 0.1) is 0 Å². The van der Waals surface area contributed by atoms with Gasteiger partial charge in [-0.2, -0.15) is 0 Å². The third-order valence-corrected chi connectivity index (χ3v) is 8.77. The second-order valence-corrected chi connectivity index (χ2v) is 12.5. The van der Waals surface area contributed by atoms with Gasteiger partial charge in [0.05, 0.1) is 22.7 Å². The normalized spacial score (nSPS) is 10.7. The van der Waals surface area contributed by atoms with Crippen LogP contribution in [0.1, 0.15) is 22.3 Å². The summed E-state index contributed by atoms with van der Waals surface area (Å²) in [5.74, 6) is 0. The lowest BCUT2D eigenvalue weighted by molar-refractivity contribution is 0.793. The van der Waals surface area contributed by atoms with Gasteiger partial charge in [0.1, 0.15) is 0 Å². The quantitative estimate of drug-likeness (QED) is 0.123.